The van der Waals surface area contributed by atoms with E-state index in [0.29, 0.717) is 6.54 Å². The monoisotopic (exact) mass is 392 g/mol. The zero-order chi connectivity index (χ0) is 19.8. The summed E-state index contributed by atoms with van der Waals surface area (Å²) in [5.74, 6) is 0.112. The quantitative estimate of drug-likeness (QED) is 0.570. The molecule has 1 aromatic carbocycles. The fraction of sp³-hybridized carbons (Fsp3) is 0.294. The zero-order valence-electron chi connectivity index (χ0n) is 14.9. The number of amides is 1. The first-order valence-corrected chi connectivity index (χ1v) is 9.60. The molecular weight excluding hydrogens is 372 g/mol. The zero-order valence-corrected chi connectivity index (χ0v) is 15.7. The van der Waals surface area contributed by atoms with Crippen LogP contribution < -0.4 is 0 Å². The summed E-state index contributed by atoms with van der Waals surface area (Å²) >= 11 is 0. The fourth-order valence-electron chi connectivity index (χ4n) is 3.36. The molecule has 0 saturated heterocycles. The van der Waals surface area contributed by atoms with Crippen molar-refractivity contribution in [1.82, 2.24) is 19.4 Å². The molecule has 10 heteroatoms. The SMILES string of the molecule is Cc1[nH]cnc1CN1CCc2c(c3ccccc3n2C)C1=O.O=S(=O)(O)O. The Kier molecular flexibility index (Phi) is 5.05. The minimum absolute atomic E-state index is 0.112. The minimum atomic E-state index is -4.67. The molecule has 0 atom stereocenters. The van der Waals surface area contributed by atoms with Gasteiger partial charge in [-0.25, -0.2) is 4.98 Å². The maximum atomic E-state index is 13.0. The summed E-state index contributed by atoms with van der Waals surface area (Å²) in [7, 11) is -2.62. The number of aryl methyl sites for hydroxylation is 2. The van der Waals surface area contributed by atoms with Crippen LogP contribution in [-0.4, -0.2) is 49.4 Å². The maximum absolute atomic E-state index is 13.0. The Hall–Kier alpha value is -2.69. The molecule has 2 aromatic heterocycles. The van der Waals surface area contributed by atoms with Crippen molar-refractivity contribution in [2.45, 2.75) is 19.9 Å². The molecule has 9 nitrogen and oxygen atoms in total. The van der Waals surface area contributed by atoms with E-state index in [-0.39, 0.29) is 5.91 Å². The second-order valence-electron chi connectivity index (χ2n) is 6.30. The van der Waals surface area contributed by atoms with E-state index >= 15 is 0 Å². The third kappa shape index (κ3) is 4.02. The Morgan fingerprint density at radius 2 is 1.93 bits per heavy atom. The standard InChI is InChI=1S/C17H18N4O.H2O4S/c1-11-13(19-10-18-11)9-21-8-7-15-16(17(21)22)12-5-3-4-6-14(12)20(15)2;1-5(2,3)4/h3-6,10H,7-9H2,1-2H3,(H,18,19);(H2,1,2,3,4). The van der Waals surface area contributed by atoms with Crippen LogP contribution in [0.5, 0.6) is 0 Å². The molecule has 1 amide bonds. The largest absolute Gasteiger partial charge is 0.394 e. The van der Waals surface area contributed by atoms with E-state index < -0.39 is 10.4 Å². The molecule has 0 fully saturated rings. The number of carbonyl (C=O) groups excluding carboxylic acids is 1. The lowest BCUT2D eigenvalue weighted by atomic mass is 10.0. The van der Waals surface area contributed by atoms with Crippen molar-refractivity contribution in [3.63, 3.8) is 0 Å². The molecule has 1 aliphatic heterocycles. The maximum Gasteiger partial charge on any atom is 0.394 e. The third-order valence-corrected chi connectivity index (χ3v) is 4.62. The van der Waals surface area contributed by atoms with Crippen molar-refractivity contribution in [2.75, 3.05) is 6.54 Å². The lowest BCUT2D eigenvalue weighted by Gasteiger charge is -2.27. The van der Waals surface area contributed by atoms with Crippen molar-refractivity contribution in [2.24, 2.45) is 7.05 Å². The first kappa shape index (κ1) is 19.1. The summed E-state index contributed by atoms with van der Waals surface area (Å²) in [6.07, 6.45) is 2.57. The van der Waals surface area contributed by atoms with Gasteiger partial charge in [-0.2, -0.15) is 8.42 Å². The number of nitrogens with one attached hydrogen (secondary N) is 1. The van der Waals surface area contributed by atoms with Crippen molar-refractivity contribution in [1.29, 1.82) is 0 Å². The fourth-order valence-corrected chi connectivity index (χ4v) is 3.36. The average Bonchev–Trinajstić information content (AvgIpc) is 3.11. The Morgan fingerprint density at radius 3 is 2.56 bits per heavy atom. The van der Waals surface area contributed by atoms with Gasteiger partial charge in [-0.15, -0.1) is 0 Å². The van der Waals surface area contributed by atoms with Gasteiger partial charge in [-0.3, -0.25) is 13.9 Å². The smallest absolute Gasteiger partial charge is 0.348 e. The first-order chi connectivity index (χ1) is 12.7. The van der Waals surface area contributed by atoms with Gasteiger partial charge in [0.1, 0.15) is 0 Å². The summed E-state index contributed by atoms with van der Waals surface area (Å²) < 4.78 is 33.7. The number of nitrogens with zero attached hydrogens (tertiary/aromatic N) is 3. The van der Waals surface area contributed by atoms with Gasteiger partial charge < -0.3 is 14.5 Å². The summed E-state index contributed by atoms with van der Waals surface area (Å²) in [4.78, 5) is 22.2. The highest BCUT2D eigenvalue weighted by atomic mass is 32.3. The van der Waals surface area contributed by atoms with Gasteiger partial charge in [-0.1, -0.05) is 18.2 Å². The van der Waals surface area contributed by atoms with E-state index in [0.717, 1.165) is 46.5 Å². The molecule has 27 heavy (non-hydrogen) atoms. The summed E-state index contributed by atoms with van der Waals surface area (Å²) in [6, 6.07) is 8.12. The predicted octanol–water partition coefficient (Wildman–Crippen LogP) is 1.76. The second-order valence-corrected chi connectivity index (χ2v) is 7.19. The lowest BCUT2D eigenvalue weighted by molar-refractivity contribution is 0.0725. The topological polar surface area (TPSA) is 129 Å². The van der Waals surface area contributed by atoms with Crippen LogP contribution in [0.3, 0.4) is 0 Å². The Labute approximate surface area is 156 Å². The predicted molar refractivity (Wildman–Crippen MR) is 98.9 cm³/mol. The van der Waals surface area contributed by atoms with Crippen LogP contribution in [0, 0.1) is 6.92 Å². The molecule has 0 bridgehead atoms. The number of hydrogen-bond acceptors (Lipinski definition) is 4. The van der Waals surface area contributed by atoms with Crippen molar-refractivity contribution in [3.05, 3.63) is 53.2 Å². The van der Waals surface area contributed by atoms with Crippen molar-refractivity contribution in [3.8, 4) is 0 Å². The Balaban J connectivity index is 0.000000376. The van der Waals surface area contributed by atoms with Gasteiger partial charge in [0.15, 0.2) is 0 Å². The molecule has 0 spiro atoms. The van der Waals surface area contributed by atoms with Crippen molar-refractivity contribution >= 4 is 27.2 Å². The van der Waals surface area contributed by atoms with E-state index in [1.807, 2.05) is 37.1 Å². The van der Waals surface area contributed by atoms with Crippen molar-refractivity contribution < 1.29 is 22.3 Å². The number of benzene rings is 1. The van der Waals surface area contributed by atoms with Crippen LogP contribution in [0.4, 0.5) is 0 Å². The van der Waals surface area contributed by atoms with Gasteiger partial charge in [-0.05, 0) is 13.0 Å². The van der Waals surface area contributed by atoms with Crippen LogP contribution >= 0.6 is 0 Å². The van der Waals surface area contributed by atoms with E-state index in [1.165, 1.54) is 0 Å². The third-order valence-electron chi connectivity index (χ3n) is 4.62. The van der Waals surface area contributed by atoms with E-state index in [4.69, 9.17) is 17.5 Å². The van der Waals surface area contributed by atoms with Gasteiger partial charge in [0.2, 0.25) is 0 Å². The highest BCUT2D eigenvalue weighted by Gasteiger charge is 2.30. The van der Waals surface area contributed by atoms with E-state index in [1.54, 1.807) is 6.33 Å². The number of aromatic nitrogens is 3. The van der Waals surface area contributed by atoms with Gasteiger partial charge in [0.25, 0.3) is 5.91 Å². The normalized spacial score (nSPS) is 14.1. The number of imidazole rings is 1. The molecule has 1 aliphatic rings. The molecular formula is C17H20N4O5S. The first-order valence-electron chi connectivity index (χ1n) is 8.21. The summed E-state index contributed by atoms with van der Waals surface area (Å²) in [5, 5.41) is 1.05. The number of para-hydroxylation sites is 1. The Morgan fingerprint density at radius 1 is 1.26 bits per heavy atom. The highest BCUT2D eigenvalue weighted by Crippen LogP contribution is 2.30. The molecule has 0 aliphatic carbocycles. The highest BCUT2D eigenvalue weighted by molar-refractivity contribution is 7.79. The van der Waals surface area contributed by atoms with Gasteiger partial charge in [0.05, 0.1) is 24.1 Å². The number of fused-ring (bicyclic) bond motifs is 3. The number of H-pyrrole nitrogens is 1. The molecule has 3 heterocycles. The van der Waals surface area contributed by atoms with Crippen LogP contribution in [-0.2, 0) is 30.4 Å². The van der Waals surface area contributed by atoms with Crippen LogP contribution in [0.25, 0.3) is 10.9 Å². The molecule has 3 N–H and O–H groups in total. The Bertz CT molecular complexity index is 1090. The average molecular weight is 392 g/mol. The molecule has 0 saturated carbocycles. The molecule has 144 valence electrons. The van der Waals surface area contributed by atoms with Crippen LogP contribution in [0.2, 0.25) is 0 Å². The number of hydrogen-bond donors (Lipinski definition) is 3. The van der Waals surface area contributed by atoms with Crippen LogP contribution in [0.15, 0.2) is 30.6 Å². The molecule has 4 rings (SSSR count). The molecule has 3 aromatic rings. The number of rotatable bonds is 2. The summed E-state index contributed by atoms with van der Waals surface area (Å²) in [5.41, 5.74) is 5.09. The van der Waals surface area contributed by atoms with E-state index in [9.17, 15) is 4.79 Å². The number of aromatic amines is 1. The summed E-state index contributed by atoms with van der Waals surface area (Å²) in [6.45, 7) is 3.29. The number of carbonyl (C=O) groups is 1. The minimum Gasteiger partial charge on any atom is -0.348 e. The molecule has 0 unspecified atom stereocenters. The lowest BCUT2D eigenvalue weighted by Crippen LogP contribution is -2.37. The van der Waals surface area contributed by atoms with Crippen LogP contribution in [0.1, 0.15) is 27.4 Å². The van der Waals surface area contributed by atoms with Gasteiger partial charge >= 0.3 is 10.4 Å². The van der Waals surface area contributed by atoms with E-state index in [2.05, 4.69) is 20.6 Å². The van der Waals surface area contributed by atoms with Gasteiger partial charge in [0, 0.05) is 42.3 Å². The second kappa shape index (κ2) is 7.14. The molecule has 0 radical (unpaired) electrons.